The van der Waals surface area contributed by atoms with Crippen LogP contribution in [0.25, 0.3) is 0 Å². The van der Waals surface area contributed by atoms with E-state index in [-0.39, 0.29) is 22.8 Å². The first-order chi connectivity index (χ1) is 14.6. The van der Waals surface area contributed by atoms with Gasteiger partial charge in [-0.15, -0.1) is 0 Å². The summed E-state index contributed by atoms with van der Waals surface area (Å²) < 4.78 is 37.9. The molecule has 1 aliphatic rings. The predicted octanol–water partition coefficient (Wildman–Crippen LogP) is 1.19. The molecule has 0 aromatic heterocycles. The summed E-state index contributed by atoms with van der Waals surface area (Å²) in [7, 11) is -2.66. The molecule has 0 bridgehead atoms. The number of urea groups is 1. The van der Waals surface area contributed by atoms with Crippen molar-refractivity contribution in [2.24, 2.45) is 5.73 Å². The van der Waals surface area contributed by atoms with Crippen LogP contribution in [-0.2, 0) is 26.0 Å². The molecule has 3 N–H and O–H groups in total. The number of para-hydroxylation sites is 1. The normalized spacial score (nSPS) is 13.8. The first-order valence-corrected chi connectivity index (χ1v) is 10.7. The van der Waals surface area contributed by atoms with Gasteiger partial charge in [-0.1, -0.05) is 18.2 Å². The Bertz CT molecular complexity index is 1150. The zero-order chi connectivity index (χ0) is 22.8. The highest BCUT2D eigenvalue weighted by molar-refractivity contribution is 7.92. The number of nitrogens with zero attached hydrogens (tertiary/aromatic N) is 1. The molecule has 0 saturated carbocycles. The maximum absolute atomic E-state index is 13.2. The Morgan fingerprint density at radius 2 is 1.87 bits per heavy atom. The molecule has 0 fully saturated rings. The summed E-state index contributed by atoms with van der Waals surface area (Å²) in [6.45, 7) is 1.52. The fourth-order valence-electron chi connectivity index (χ4n) is 3.19. The highest BCUT2D eigenvalue weighted by Gasteiger charge is 2.32. The van der Waals surface area contributed by atoms with Crippen LogP contribution in [0.5, 0.6) is 5.75 Å². The summed E-state index contributed by atoms with van der Waals surface area (Å²) in [6.07, 6.45) is -0.775. The number of anilines is 1. The van der Waals surface area contributed by atoms with Gasteiger partial charge in [0.15, 0.2) is 6.10 Å². The minimum absolute atomic E-state index is 0.0632. The SMILES string of the molecule is COc1ccc(S(=O)(=O)N2CCc3ccccc32)cc1C(=O)O[C@H](C)C(=O)NC(N)=O. The van der Waals surface area contributed by atoms with E-state index < -0.39 is 34.0 Å². The van der Waals surface area contributed by atoms with Gasteiger partial charge in [0.25, 0.3) is 15.9 Å². The number of ether oxygens (including phenoxy) is 2. The van der Waals surface area contributed by atoms with Gasteiger partial charge in [0.05, 0.1) is 17.7 Å². The molecule has 164 valence electrons. The molecular weight excluding hydrogens is 426 g/mol. The van der Waals surface area contributed by atoms with Crippen molar-refractivity contribution in [3.8, 4) is 5.75 Å². The van der Waals surface area contributed by atoms with E-state index in [0.29, 0.717) is 12.1 Å². The molecular formula is C20H21N3O7S. The lowest BCUT2D eigenvalue weighted by Crippen LogP contribution is -2.42. The van der Waals surface area contributed by atoms with Gasteiger partial charge in [-0.25, -0.2) is 18.0 Å². The van der Waals surface area contributed by atoms with Gasteiger partial charge in [-0.3, -0.25) is 14.4 Å². The minimum atomic E-state index is -3.96. The Kier molecular flexibility index (Phi) is 6.16. The number of nitrogens with two attached hydrogens (primary N) is 1. The van der Waals surface area contributed by atoms with Gasteiger partial charge in [-0.05, 0) is 43.2 Å². The van der Waals surface area contributed by atoms with Crippen molar-refractivity contribution in [1.82, 2.24) is 5.32 Å². The molecule has 1 heterocycles. The molecule has 0 unspecified atom stereocenters. The molecule has 1 aliphatic heterocycles. The standard InChI is InChI=1S/C20H21N3O7S/c1-12(18(24)22-20(21)26)30-19(25)15-11-14(7-8-17(15)29-2)31(27,28)23-10-9-13-5-3-4-6-16(13)23/h3-8,11-12H,9-10H2,1-2H3,(H3,21,22,24,26)/t12-/m1/s1. The molecule has 1 atom stereocenters. The van der Waals surface area contributed by atoms with E-state index in [4.69, 9.17) is 15.2 Å². The molecule has 3 amide bonds. The third kappa shape index (κ3) is 4.45. The largest absolute Gasteiger partial charge is 0.496 e. The summed E-state index contributed by atoms with van der Waals surface area (Å²) in [5.74, 6) is -1.85. The van der Waals surface area contributed by atoms with Crippen molar-refractivity contribution in [1.29, 1.82) is 0 Å². The molecule has 0 spiro atoms. The topological polar surface area (TPSA) is 145 Å². The Morgan fingerprint density at radius 3 is 2.55 bits per heavy atom. The predicted molar refractivity (Wildman–Crippen MR) is 110 cm³/mol. The maximum Gasteiger partial charge on any atom is 0.342 e. The Hall–Kier alpha value is -3.60. The van der Waals surface area contributed by atoms with Crippen molar-refractivity contribution in [3.63, 3.8) is 0 Å². The number of nitrogens with one attached hydrogen (secondary N) is 1. The van der Waals surface area contributed by atoms with Crippen LogP contribution in [0, 0.1) is 0 Å². The summed E-state index contributed by atoms with van der Waals surface area (Å²) in [4.78, 5) is 35.1. The molecule has 2 aromatic carbocycles. The van der Waals surface area contributed by atoms with E-state index in [9.17, 15) is 22.8 Å². The van der Waals surface area contributed by atoms with Gasteiger partial charge in [0, 0.05) is 6.54 Å². The smallest absolute Gasteiger partial charge is 0.342 e. The molecule has 0 saturated heterocycles. The number of benzene rings is 2. The average molecular weight is 447 g/mol. The number of fused-ring (bicyclic) bond motifs is 1. The molecule has 0 aliphatic carbocycles. The third-order valence-electron chi connectivity index (χ3n) is 4.72. The summed E-state index contributed by atoms with van der Waals surface area (Å²) >= 11 is 0. The Balaban J connectivity index is 1.91. The van der Waals surface area contributed by atoms with Gasteiger partial charge in [0.1, 0.15) is 11.3 Å². The van der Waals surface area contributed by atoms with Crippen molar-refractivity contribution in [3.05, 3.63) is 53.6 Å². The van der Waals surface area contributed by atoms with Crippen LogP contribution in [-0.4, -0.2) is 46.1 Å². The second-order valence-electron chi connectivity index (χ2n) is 6.72. The second kappa shape index (κ2) is 8.64. The fraction of sp³-hybridized carbons (Fsp3) is 0.250. The van der Waals surface area contributed by atoms with Crippen LogP contribution in [0.1, 0.15) is 22.8 Å². The Morgan fingerprint density at radius 1 is 1.16 bits per heavy atom. The van der Waals surface area contributed by atoms with E-state index in [0.717, 1.165) is 11.6 Å². The summed E-state index contributed by atoms with van der Waals surface area (Å²) in [5, 5.41) is 1.80. The number of amides is 3. The molecule has 31 heavy (non-hydrogen) atoms. The average Bonchev–Trinajstić information content (AvgIpc) is 3.17. The fourth-order valence-corrected chi connectivity index (χ4v) is 4.72. The van der Waals surface area contributed by atoms with E-state index in [2.05, 4.69) is 0 Å². The van der Waals surface area contributed by atoms with Crippen LogP contribution in [0.2, 0.25) is 0 Å². The highest BCUT2D eigenvalue weighted by atomic mass is 32.2. The van der Waals surface area contributed by atoms with Crippen molar-refractivity contribution < 1.29 is 32.3 Å². The number of hydrogen-bond donors (Lipinski definition) is 2. The first-order valence-electron chi connectivity index (χ1n) is 9.25. The Labute approximate surface area is 179 Å². The van der Waals surface area contributed by atoms with Crippen molar-refractivity contribution >= 4 is 33.6 Å². The van der Waals surface area contributed by atoms with Gasteiger partial charge >= 0.3 is 12.0 Å². The number of sulfonamides is 1. The van der Waals surface area contributed by atoms with E-state index in [1.54, 1.807) is 17.4 Å². The molecule has 2 aromatic rings. The number of esters is 1. The molecule has 11 heteroatoms. The summed E-state index contributed by atoms with van der Waals surface area (Å²) in [6, 6.07) is 9.88. The number of rotatable bonds is 6. The van der Waals surface area contributed by atoms with Crippen LogP contribution >= 0.6 is 0 Å². The molecule has 10 nitrogen and oxygen atoms in total. The number of primary amides is 1. The van der Waals surface area contributed by atoms with Gasteiger partial charge < -0.3 is 15.2 Å². The highest BCUT2D eigenvalue weighted by Crippen LogP contribution is 2.34. The van der Waals surface area contributed by atoms with Gasteiger partial charge in [0.2, 0.25) is 0 Å². The second-order valence-corrected chi connectivity index (χ2v) is 8.58. The monoisotopic (exact) mass is 447 g/mol. The first kappa shape index (κ1) is 22.1. The lowest BCUT2D eigenvalue weighted by Gasteiger charge is -2.20. The quantitative estimate of drug-likeness (QED) is 0.633. The summed E-state index contributed by atoms with van der Waals surface area (Å²) in [5.41, 5.74) is 6.19. The minimum Gasteiger partial charge on any atom is -0.496 e. The molecule has 3 rings (SSSR count). The number of carbonyl (C=O) groups is 3. The number of methoxy groups -OCH3 is 1. The maximum atomic E-state index is 13.2. The van der Waals surface area contributed by atoms with Crippen LogP contribution in [0.4, 0.5) is 10.5 Å². The zero-order valence-corrected chi connectivity index (χ0v) is 17.6. The lowest BCUT2D eigenvalue weighted by molar-refractivity contribution is -0.127. The van der Waals surface area contributed by atoms with Crippen LogP contribution in [0.3, 0.4) is 0 Å². The van der Waals surface area contributed by atoms with Crippen molar-refractivity contribution in [2.75, 3.05) is 18.0 Å². The van der Waals surface area contributed by atoms with E-state index in [1.807, 2.05) is 12.1 Å². The van der Waals surface area contributed by atoms with Crippen LogP contribution < -0.4 is 20.1 Å². The van der Waals surface area contributed by atoms with Gasteiger partial charge in [-0.2, -0.15) is 0 Å². The van der Waals surface area contributed by atoms with E-state index in [1.165, 1.54) is 30.5 Å². The molecule has 0 radical (unpaired) electrons. The number of imide groups is 1. The van der Waals surface area contributed by atoms with E-state index >= 15 is 0 Å². The zero-order valence-electron chi connectivity index (χ0n) is 16.8. The number of hydrogen-bond acceptors (Lipinski definition) is 7. The lowest BCUT2D eigenvalue weighted by atomic mass is 10.2. The number of carbonyl (C=O) groups excluding carboxylic acids is 3. The van der Waals surface area contributed by atoms with Crippen LogP contribution in [0.15, 0.2) is 47.4 Å². The van der Waals surface area contributed by atoms with Crippen molar-refractivity contribution in [2.45, 2.75) is 24.3 Å². The third-order valence-corrected chi connectivity index (χ3v) is 6.53.